The van der Waals surface area contributed by atoms with Gasteiger partial charge in [-0.05, 0) is 23.8 Å². The molecule has 4 rings (SSSR count). The molecule has 0 radical (unpaired) electrons. The minimum Gasteiger partial charge on any atom is -0.454 e. The molecule has 0 saturated carbocycles. The lowest BCUT2D eigenvalue weighted by Gasteiger charge is -2.14. The highest BCUT2D eigenvalue weighted by Gasteiger charge is 2.23. The van der Waals surface area contributed by atoms with Crippen LogP contribution in [0.15, 0.2) is 63.6 Å². The highest BCUT2D eigenvalue weighted by Crippen LogP contribution is 2.19. The van der Waals surface area contributed by atoms with Gasteiger partial charge in [0.2, 0.25) is 5.78 Å². The number of Topliss-reactive ketones (excluding diaryl/α,β-unsaturated/α-hetero) is 1. The van der Waals surface area contributed by atoms with Crippen molar-refractivity contribution in [3.8, 4) is 0 Å². The lowest BCUT2D eigenvalue weighted by atomic mass is 10.1. The quantitative estimate of drug-likeness (QED) is 0.351. The molecule has 0 bridgehead atoms. The molecular weight excluding hydrogens is 432 g/mol. The van der Waals surface area contributed by atoms with Crippen molar-refractivity contribution in [1.29, 1.82) is 0 Å². The summed E-state index contributed by atoms with van der Waals surface area (Å²) in [5.41, 5.74) is 7.59. The number of anilines is 1. The molecule has 0 unspecified atom stereocenters. The van der Waals surface area contributed by atoms with E-state index in [2.05, 4.69) is 4.98 Å². The summed E-state index contributed by atoms with van der Waals surface area (Å²) in [5.74, 6) is -1.78. The fourth-order valence-electron chi connectivity index (χ4n) is 3.23. The molecule has 2 heterocycles. The second-order valence-electron chi connectivity index (χ2n) is 7.01. The molecule has 10 heteroatoms. The summed E-state index contributed by atoms with van der Waals surface area (Å²) in [6, 6.07) is 13.8. The molecule has 4 aromatic rings. The number of thiazole rings is 1. The normalized spacial score (nSPS) is 10.9. The highest BCUT2D eigenvalue weighted by molar-refractivity contribution is 7.16. The van der Waals surface area contributed by atoms with Crippen molar-refractivity contribution >= 4 is 39.1 Å². The lowest BCUT2D eigenvalue weighted by molar-refractivity contribution is 0.0474. The van der Waals surface area contributed by atoms with Crippen LogP contribution in [-0.4, -0.2) is 32.5 Å². The van der Waals surface area contributed by atoms with Crippen LogP contribution in [0.25, 0.3) is 10.2 Å². The van der Waals surface area contributed by atoms with E-state index in [-0.39, 0.29) is 17.9 Å². The van der Waals surface area contributed by atoms with Crippen LogP contribution in [-0.2, 0) is 18.3 Å². The lowest BCUT2D eigenvalue weighted by Crippen LogP contribution is -2.43. The number of aromatic nitrogens is 3. The first-order valence-electron chi connectivity index (χ1n) is 9.53. The predicted molar refractivity (Wildman–Crippen MR) is 120 cm³/mol. The fourth-order valence-corrected chi connectivity index (χ4v) is 3.95. The molecule has 0 atom stereocenters. The average Bonchev–Trinajstić information content (AvgIpc) is 3.27. The second-order valence-corrected chi connectivity index (χ2v) is 7.90. The number of esters is 1. The van der Waals surface area contributed by atoms with Crippen LogP contribution in [0.1, 0.15) is 26.3 Å². The Balaban J connectivity index is 1.59. The summed E-state index contributed by atoms with van der Waals surface area (Å²) < 4.78 is 7.87. The molecule has 9 nitrogen and oxygen atoms in total. The number of carbonyl (C=O) groups is 2. The van der Waals surface area contributed by atoms with Crippen LogP contribution >= 0.6 is 11.3 Å². The molecule has 2 aromatic carbocycles. The van der Waals surface area contributed by atoms with Gasteiger partial charge >= 0.3 is 11.7 Å². The Morgan fingerprint density at radius 1 is 1.12 bits per heavy atom. The van der Waals surface area contributed by atoms with Crippen LogP contribution < -0.4 is 17.0 Å². The summed E-state index contributed by atoms with van der Waals surface area (Å²) in [7, 11) is 1.26. The first-order chi connectivity index (χ1) is 15.4. The zero-order chi connectivity index (χ0) is 22.8. The van der Waals surface area contributed by atoms with Gasteiger partial charge in [0.25, 0.3) is 5.56 Å². The monoisotopic (exact) mass is 450 g/mol. The third kappa shape index (κ3) is 3.95. The van der Waals surface area contributed by atoms with E-state index in [1.165, 1.54) is 18.4 Å². The molecule has 0 fully saturated rings. The maximum absolute atomic E-state index is 12.8. The van der Waals surface area contributed by atoms with Crippen molar-refractivity contribution in [2.45, 2.75) is 6.54 Å². The van der Waals surface area contributed by atoms with Crippen LogP contribution in [0.4, 0.5) is 5.82 Å². The summed E-state index contributed by atoms with van der Waals surface area (Å²) in [5, 5.41) is 0. The third-order valence-electron chi connectivity index (χ3n) is 4.95. The van der Waals surface area contributed by atoms with Crippen molar-refractivity contribution in [1.82, 2.24) is 14.1 Å². The molecule has 0 aliphatic rings. The van der Waals surface area contributed by atoms with Gasteiger partial charge in [0.15, 0.2) is 6.61 Å². The number of hydrogen-bond acceptors (Lipinski definition) is 8. The van der Waals surface area contributed by atoms with Gasteiger partial charge in [0, 0.05) is 7.05 Å². The van der Waals surface area contributed by atoms with E-state index in [0.29, 0.717) is 0 Å². The van der Waals surface area contributed by atoms with Gasteiger partial charge in [-0.15, -0.1) is 11.3 Å². The van der Waals surface area contributed by atoms with Crippen LogP contribution in [0, 0.1) is 0 Å². The van der Waals surface area contributed by atoms with Gasteiger partial charge in [-0.1, -0.05) is 30.3 Å². The number of carbonyl (C=O) groups excluding carboxylic acids is 2. The van der Waals surface area contributed by atoms with Gasteiger partial charge in [-0.3, -0.25) is 18.7 Å². The van der Waals surface area contributed by atoms with Gasteiger partial charge < -0.3 is 10.5 Å². The van der Waals surface area contributed by atoms with E-state index in [1.807, 2.05) is 6.07 Å². The Kier molecular flexibility index (Phi) is 5.69. The summed E-state index contributed by atoms with van der Waals surface area (Å²) in [4.78, 5) is 54.5. The van der Waals surface area contributed by atoms with E-state index < -0.39 is 35.2 Å². The zero-order valence-electron chi connectivity index (χ0n) is 17.0. The molecule has 0 aliphatic carbocycles. The van der Waals surface area contributed by atoms with Crippen molar-refractivity contribution in [3.05, 3.63) is 91.6 Å². The highest BCUT2D eigenvalue weighted by atomic mass is 32.1. The van der Waals surface area contributed by atoms with Crippen molar-refractivity contribution in [2.75, 3.05) is 12.3 Å². The molecule has 0 saturated heterocycles. The number of hydrogen-bond donors (Lipinski definition) is 1. The summed E-state index contributed by atoms with van der Waals surface area (Å²) in [6.45, 7) is -0.614. The number of fused-ring (bicyclic) bond motifs is 1. The van der Waals surface area contributed by atoms with Crippen LogP contribution in [0.3, 0.4) is 0 Å². The van der Waals surface area contributed by atoms with E-state index in [9.17, 15) is 19.2 Å². The molecule has 162 valence electrons. The molecule has 32 heavy (non-hydrogen) atoms. The Labute approximate surface area is 185 Å². The third-order valence-corrected chi connectivity index (χ3v) is 5.74. The maximum Gasteiger partial charge on any atom is 0.338 e. The zero-order valence-corrected chi connectivity index (χ0v) is 17.8. The fraction of sp³-hybridized carbons (Fsp3) is 0.136. The Morgan fingerprint density at radius 2 is 1.88 bits per heavy atom. The number of benzene rings is 2. The smallest absolute Gasteiger partial charge is 0.338 e. The molecule has 2 N–H and O–H groups in total. The predicted octanol–water partition coefficient (Wildman–Crippen LogP) is 1.83. The van der Waals surface area contributed by atoms with Gasteiger partial charge in [0.1, 0.15) is 11.4 Å². The SMILES string of the molecule is Cn1c(=O)c(C(=O)COC(=O)c2ccc3ncsc3c2)c(N)n(Cc2ccccc2)c1=O. The standard InChI is InChI=1S/C22H18N4O5S/c1-25-20(28)18(19(23)26(22(25)30)10-13-5-3-2-4-6-13)16(27)11-31-21(29)14-7-8-15-17(9-14)32-12-24-15/h2-9,12H,10-11,23H2,1H3. The van der Waals surface area contributed by atoms with E-state index in [4.69, 9.17) is 10.5 Å². The summed E-state index contributed by atoms with van der Waals surface area (Å²) >= 11 is 1.37. The number of nitrogens with zero attached hydrogens (tertiary/aromatic N) is 3. The van der Waals surface area contributed by atoms with Crippen LogP contribution in [0.5, 0.6) is 0 Å². The van der Waals surface area contributed by atoms with E-state index >= 15 is 0 Å². The number of ketones is 1. The first kappa shape index (κ1) is 21.2. The molecule has 0 amide bonds. The van der Waals surface area contributed by atoms with Gasteiger partial charge in [0.05, 0.1) is 27.8 Å². The van der Waals surface area contributed by atoms with Crippen molar-refractivity contribution in [2.24, 2.45) is 7.05 Å². The first-order valence-corrected chi connectivity index (χ1v) is 10.4. The topological polar surface area (TPSA) is 126 Å². The van der Waals surface area contributed by atoms with Crippen molar-refractivity contribution < 1.29 is 14.3 Å². The largest absolute Gasteiger partial charge is 0.454 e. The molecule has 2 aromatic heterocycles. The van der Waals surface area contributed by atoms with E-state index in [1.54, 1.807) is 48.0 Å². The maximum atomic E-state index is 12.8. The molecule has 0 spiro atoms. The van der Waals surface area contributed by atoms with E-state index in [0.717, 1.165) is 24.9 Å². The van der Waals surface area contributed by atoms with Crippen LogP contribution in [0.2, 0.25) is 0 Å². The number of rotatable bonds is 6. The average molecular weight is 450 g/mol. The second kappa shape index (κ2) is 8.60. The minimum absolute atomic E-state index is 0.0779. The molecule has 0 aliphatic heterocycles. The Hall–Kier alpha value is -4.05. The Morgan fingerprint density at radius 3 is 2.62 bits per heavy atom. The Bertz CT molecular complexity index is 1450. The number of ether oxygens (including phenoxy) is 1. The number of nitrogen functional groups attached to an aromatic ring is 1. The van der Waals surface area contributed by atoms with Gasteiger partial charge in [-0.2, -0.15) is 0 Å². The number of nitrogens with two attached hydrogens (primary N) is 1. The molecular formula is C22H18N4O5S. The summed E-state index contributed by atoms with van der Waals surface area (Å²) in [6.07, 6.45) is 0. The van der Waals surface area contributed by atoms with Gasteiger partial charge in [-0.25, -0.2) is 14.6 Å². The minimum atomic E-state index is -0.844. The van der Waals surface area contributed by atoms with Crippen molar-refractivity contribution in [3.63, 3.8) is 0 Å².